The van der Waals surface area contributed by atoms with Crippen LogP contribution in [-0.4, -0.2) is 24.0 Å². The van der Waals surface area contributed by atoms with E-state index in [1.165, 1.54) is 5.56 Å². The van der Waals surface area contributed by atoms with Gasteiger partial charge in [-0.1, -0.05) is 26.0 Å². The standard InChI is InChI=1S/C18H27NO2/c1-4-21-16-10-8-15(9-11-16)17-6-5-13-19(17)18(20)12-7-14(2)3/h8-11,14,17H,4-7,12-13H2,1-3H3. The molecule has 1 saturated heterocycles. The van der Waals surface area contributed by atoms with Gasteiger partial charge in [-0.3, -0.25) is 4.79 Å². The quantitative estimate of drug-likeness (QED) is 0.786. The zero-order valence-corrected chi connectivity index (χ0v) is 13.5. The third kappa shape index (κ3) is 4.23. The van der Waals surface area contributed by atoms with Crippen molar-refractivity contribution in [1.29, 1.82) is 0 Å². The van der Waals surface area contributed by atoms with E-state index in [4.69, 9.17) is 4.74 Å². The molecule has 21 heavy (non-hydrogen) atoms. The minimum Gasteiger partial charge on any atom is -0.494 e. The Morgan fingerprint density at radius 2 is 2.05 bits per heavy atom. The minimum atomic E-state index is 0.250. The molecule has 0 saturated carbocycles. The van der Waals surface area contributed by atoms with Gasteiger partial charge in [0.1, 0.15) is 5.75 Å². The summed E-state index contributed by atoms with van der Waals surface area (Å²) in [4.78, 5) is 14.5. The molecule has 0 radical (unpaired) electrons. The van der Waals surface area contributed by atoms with E-state index in [0.29, 0.717) is 24.9 Å². The van der Waals surface area contributed by atoms with Crippen LogP contribution < -0.4 is 4.74 Å². The Labute approximate surface area is 128 Å². The molecular weight excluding hydrogens is 262 g/mol. The minimum absolute atomic E-state index is 0.250. The SMILES string of the molecule is CCOc1ccc(C2CCCN2C(=O)CCC(C)C)cc1. The Morgan fingerprint density at radius 1 is 1.33 bits per heavy atom. The fourth-order valence-electron chi connectivity index (χ4n) is 2.92. The van der Waals surface area contributed by atoms with Gasteiger partial charge in [0.2, 0.25) is 5.91 Å². The lowest BCUT2D eigenvalue weighted by Crippen LogP contribution is -2.30. The molecule has 2 rings (SSSR count). The summed E-state index contributed by atoms with van der Waals surface area (Å²) < 4.78 is 5.48. The van der Waals surface area contributed by atoms with Gasteiger partial charge in [0.05, 0.1) is 12.6 Å². The molecule has 1 aromatic carbocycles. The predicted molar refractivity (Wildman–Crippen MR) is 85.4 cm³/mol. The van der Waals surface area contributed by atoms with E-state index in [0.717, 1.165) is 31.6 Å². The summed E-state index contributed by atoms with van der Waals surface area (Å²) in [6.07, 6.45) is 3.82. The van der Waals surface area contributed by atoms with E-state index < -0.39 is 0 Å². The maximum absolute atomic E-state index is 12.4. The van der Waals surface area contributed by atoms with Gasteiger partial charge in [0, 0.05) is 13.0 Å². The highest BCUT2D eigenvalue weighted by atomic mass is 16.5. The molecule has 3 heteroatoms. The monoisotopic (exact) mass is 289 g/mol. The van der Waals surface area contributed by atoms with Crippen LogP contribution in [-0.2, 0) is 4.79 Å². The summed E-state index contributed by atoms with van der Waals surface area (Å²) >= 11 is 0. The van der Waals surface area contributed by atoms with Gasteiger partial charge >= 0.3 is 0 Å². The van der Waals surface area contributed by atoms with Crippen LogP contribution in [0.5, 0.6) is 5.75 Å². The highest BCUT2D eigenvalue weighted by molar-refractivity contribution is 5.77. The van der Waals surface area contributed by atoms with Crippen molar-refractivity contribution >= 4 is 5.91 Å². The van der Waals surface area contributed by atoms with Crippen molar-refractivity contribution in [3.05, 3.63) is 29.8 Å². The third-order valence-corrected chi connectivity index (χ3v) is 4.08. The number of benzene rings is 1. The van der Waals surface area contributed by atoms with Crippen LogP contribution in [0, 0.1) is 5.92 Å². The fourth-order valence-corrected chi connectivity index (χ4v) is 2.92. The van der Waals surface area contributed by atoms with Crippen molar-refractivity contribution in [2.24, 2.45) is 5.92 Å². The van der Waals surface area contributed by atoms with E-state index in [9.17, 15) is 4.79 Å². The van der Waals surface area contributed by atoms with E-state index in [2.05, 4.69) is 30.9 Å². The van der Waals surface area contributed by atoms with Gasteiger partial charge in [-0.25, -0.2) is 0 Å². The normalized spacial score (nSPS) is 18.3. The Kier molecular flexibility index (Phi) is 5.66. The maximum Gasteiger partial charge on any atom is 0.223 e. The Morgan fingerprint density at radius 3 is 2.67 bits per heavy atom. The Bertz CT molecular complexity index is 453. The maximum atomic E-state index is 12.4. The van der Waals surface area contributed by atoms with Crippen LogP contribution in [0.15, 0.2) is 24.3 Å². The number of hydrogen-bond acceptors (Lipinski definition) is 2. The average molecular weight is 289 g/mol. The third-order valence-electron chi connectivity index (χ3n) is 4.08. The van der Waals surface area contributed by atoms with Crippen molar-refractivity contribution in [3.8, 4) is 5.75 Å². The highest BCUT2D eigenvalue weighted by Crippen LogP contribution is 2.33. The topological polar surface area (TPSA) is 29.5 Å². The number of amides is 1. The zero-order chi connectivity index (χ0) is 15.2. The van der Waals surface area contributed by atoms with Crippen LogP contribution in [0.3, 0.4) is 0 Å². The molecule has 1 amide bonds. The summed E-state index contributed by atoms with van der Waals surface area (Å²) in [5.74, 6) is 1.79. The molecule has 1 aromatic rings. The smallest absolute Gasteiger partial charge is 0.223 e. The average Bonchev–Trinajstić information content (AvgIpc) is 2.95. The predicted octanol–water partition coefficient (Wildman–Crippen LogP) is 4.19. The molecular formula is C18H27NO2. The summed E-state index contributed by atoms with van der Waals surface area (Å²) in [5.41, 5.74) is 1.23. The van der Waals surface area contributed by atoms with Gasteiger partial charge in [-0.05, 0) is 49.8 Å². The number of nitrogens with zero attached hydrogens (tertiary/aromatic N) is 1. The molecule has 0 aliphatic carbocycles. The van der Waals surface area contributed by atoms with Gasteiger partial charge in [-0.2, -0.15) is 0 Å². The molecule has 1 aliphatic heterocycles. The molecule has 1 atom stereocenters. The molecule has 0 aromatic heterocycles. The van der Waals surface area contributed by atoms with Crippen LogP contribution in [0.25, 0.3) is 0 Å². The highest BCUT2D eigenvalue weighted by Gasteiger charge is 2.29. The molecule has 0 spiro atoms. The number of carbonyl (C=O) groups excluding carboxylic acids is 1. The first kappa shape index (κ1) is 15.9. The Hall–Kier alpha value is -1.51. The second-order valence-corrected chi connectivity index (χ2v) is 6.18. The number of hydrogen-bond donors (Lipinski definition) is 0. The molecule has 116 valence electrons. The Balaban J connectivity index is 2.02. The van der Waals surface area contributed by atoms with Crippen LogP contribution in [0.2, 0.25) is 0 Å². The van der Waals surface area contributed by atoms with E-state index in [-0.39, 0.29) is 6.04 Å². The number of rotatable bonds is 6. The van der Waals surface area contributed by atoms with Crippen LogP contribution in [0.1, 0.15) is 58.1 Å². The van der Waals surface area contributed by atoms with Crippen LogP contribution in [0.4, 0.5) is 0 Å². The summed E-state index contributed by atoms with van der Waals surface area (Å²) in [5, 5.41) is 0. The van der Waals surface area contributed by atoms with Crippen molar-refractivity contribution < 1.29 is 9.53 Å². The zero-order valence-electron chi connectivity index (χ0n) is 13.5. The largest absolute Gasteiger partial charge is 0.494 e. The van der Waals surface area contributed by atoms with Gasteiger partial charge in [0.15, 0.2) is 0 Å². The fraction of sp³-hybridized carbons (Fsp3) is 0.611. The first-order valence-corrected chi connectivity index (χ1v) is 8.14. The molecule has 1 aliphatic rings. The lowest BCUT2D eigenvalue weighted by atomic mass is 10.0. The number of carbonyl (C=O) groups is 1. The number of likely N-dealkylation sites (tertiary alicyclic amines) is 1. The van der Waals surface area contributed by atoms with Gasteiger partial charge < -0.3 is 9.64 Å². The molecule has 1 fully saturated rings. The van der Waals surface area contributed by atoms with E-state index in [1.54, 1.807) is 0 Å². The molecule has 1 heterocycles. The van der Waals surface area contributed by atoms with E-state index in [1.807, 2.05) is 19.1 Å². The van der Waals surface area contributed by atoms with E-state index >= 15 is 0 Å². The molecule has 1 unspecified atom stereocenters. The summed E-state index contributed by atoms with van der Waals surface area (Å²) in [6, 6.07) is 8.47. The first-order valence-electron chi connectivity index (χ1n) is 8.14. The summed E-state index contributed by atoms with van der Waals surface area (Å²) in [6.45, 7) is 7.90. The van der Waals surface area contributed by atoms with Crippen molar-refractivity contribution in [3.63, 3.8) is 0 Å². The molecule has 3 nitrogen and oxygen atoms in total. The van der Waals surface area contributed by atoms with Gasteiger partial charge in [-0.15, -0.1) is 0 Å². The second kappa shape index (κ2) is 7.48. The molecule has 0 N–H and O–H groups in total. The second-order valence-electron chi connectivity index (χ2n) is 6.18. The van der Waals surface area contributed by atoms with Crippen molar-refractivity contribution in [2.75, 3.05) is 13.2 Å². The lowest BCUT2D eigenvalue weighted by Gasteiger charge is -2.25. The van der Waals surface area contributed by atoms with Crippen molar-refractivity contribution in [2.45, 2.75) is 52.5 Å². The number of ether oxygens (including phenoxy) is 1. The summed E-state index contributed by atoms with van der Waals surface area (Å²) in [7, 11) is 0. The van der Waals surface area contributed by atoms with Crippen molar-refractivity contribution in [1.82, 2.24) is 4.90 Å². The molecule has 0 bridgehead atoms. The first-order chi connectivity index (χ1) is 10.1. The van der Waals surface area contributed by atoms with Crippen LogP contribution >= 0.6 is 0 Å². The van der Waals surface area contributed by atoms with Gasteiger partial charge in [0.25, 0.3) is 0 Å². The lowest BCUT2D eigenvalue weighted by molar-refractivity contribution is -0.132.